The van der Waals surface area contributed by atoms with E-state index in [1.165, 1.54) is 0 Å². The van der Waals surface area contributed by atoms with Crippen LogP contribution in [0.25, 0.3) is 0 Å². The Labute approximate surface area is 120 Å². The van der Waals surface area contributed by atoms with Crippen LogP contribution in [0.3, 0.4) is 0 Å². The van der Waals surface area contributed by atoms with Gasteiger partial charge in [0.2, 0.25) is 0 Å². The quantitative estimate of drug-likeness (QED) is 0.303. The van der Waals surface area contributed by atoms with Crippen molar-refractivity contribution in [3.05, 3.63) is 0 Å². The molecule has 21 heavy (non-hydrogen) atoms. The maximum Gasteiger partial charge on any atom is 0.431 e. The summed E-state index contributed by atoms with van der Waals surface area (Å²) in [6.45, 7) is 2.87. The molecule has 1 N–H and O–H groups in total. The molecule has 0 aliphatic rings. The molecule has 0 heterocycles. The smallest absolute Gasteiger partial charge is 0.431 e. The van der Waals surface area contributed by atoms with Gasteiger partial charge < -0.3 is 4.74 Å². The molecule has 126 valence electrons. The fourth-order valence-corrected chi connectivity index (χ4v) is 1.97. The highest BCUT2D eigenvalue weighted by molar-refractivity contribution is 7.87. The Balaban J connectivity index is 4.38. The van der Waals surface area contributed by atoms with Crippen LogP contribution in [0.5, 0.6) is 0 Å². The first kappa shape index (κ1) is 20.1. The summed E-state index contributed by atoms with van der Waals surface area (Å²) in [5.74, 6) is -6.03. The molecule has 0 fully saturated rings. The summed E-state index contributed by atoms with van der Waals surface area (Å²) >= 11 is 0. The third-order valence-electron chi connectivity index (χ3n) is 2.75. The van der Waals surface area contributed by atoms with Gasteiger partial charge in [-0.2, -0.15) is 26.0 Å². The number of ether oxygens (including phenoxy) is 1. The second kappa shape index (κ2) is 7.39. The average Bonchev–Trinajstić information content (AvgIpc) is 2.33. The van der Waals surface area contributed by atoms with Gasteiger partial charge in [0.15, 0.2) is 0 Å². The van der Waals surface area contributed by atoms with Crippen molar-refractivity contribution in [2.45, 2.75) is 50.7 Å². The zero-order valence-electron chi connectivity index (χ0n) is 11.6. The molecule has 0 aromatic heterocycles. The molecule has 0 aromatic rings. The summed E-state index contributed by atoms with van der Waals surface area (Å²) in [4.78, 5) is 11.3. The summed E-state index contributed by atoms with van der Waals surface area (Å²) in [5.41, 5.74) is 0. The predicted molar refractivity (Wildman–Crippen MR) is 65.7 cm³/mol. The van der Waals surface area contributed by atoms with Crippen LogP contribution >= 0.6 is 0 Å². The van der Waals surface area contributed by atoms with Gasteiger partial charge in [0.25, 0.3) is 0 Å². The van der Waals surface area contributed by atoms with Crippen molar-refractivity contribution in [2.24, 2.45) is 5.92 Å². The van der Waals surface area contributed by atoms with Crippen LogP contribution in [0.1, 0.15) is 39.5 Å². The minimum Gasteiger partial charge on any atom is -0.465 e. The van der Waals surface area contributed by atoms with Gasteiger partial charge in [-0.15, -0.1) is 0 Å². The van der Waals surface area contributed by atoms with Gasteiger partial charge in [0.05, 0.1) is 12.5 Å². The Morgan fingerprint density at radius 2 is 1.81 bits per heavy atom. The lowest BCUT2D eigenvalue weighted by molar-refractivity contribution is -0.168. The Morgan fingerprint density at radius 1 is 1.29 bits per heavy atom. The fourth-order valence-electron chi connectivity index (χ4n) is 1.49. The van der Waals surface area contributed by atoms with E-state index in [4.69, 9.17) is 4.55 Å². The highest BCUT2D eigenvalue weighted by Gasteiger charge is 2.64. The topological polar surface area (TPSA) is 80.7 Å². The molecule has 1 unspecified atom stereocenters. The molecule has 0 bridgehead atoms. The van der Waals surface area contributed by atoms with Crippen molar-refractivity contribution in [3.8, 4) is 0 Å². The van der Waals surface area contributed by atoms with Crippen LogP contribution in [-0.2, 0) is 19.6 Å². The second-order valence-corrected chi connectivity index (χ2v) is 6.12. The molecule has 0 aromatic carbocycles. The van der Waals surface area contributed by atoms with Gasteiger partial charge in [-0.1, -0.05) is 20.3 Å². The van der Waals surface area contributed by atoms with Crippen LogP contribution in [-0.4, -0.2) is 36.7 Å². The highest BCUT2D eigenvalue weighted by atomic mass is 32.2. The molecule has 0 rings (SSSR count). The number of carbonyl (C=O) groups is 1. The summed E-state index contributed by atoms with van der Waals surface area (Å²) in [6.07, 6.45) is -0.956. The number of hydrogen-bond acceptors (Lipinski definition) is 4. The SMILES string of the molecule is CCCC(C)C(=O)OCCCC(F)(F)C(F)(F)S(=O)(=O)O. The third-order valence-corrected chi connectivity index (χ3v) is 3.70. The zero-order chi connectivity index (χ0) is 16.9. The minimum atomic E-state index is -6.23. The molecule has 0 saturated carbocycles. The number of esters is 1. The second-order valence-electron chi connectivity index (χ2n) is 4.66. The third kappa shape index (κ3) is 5.42. The molecule has 10 heteroatoms. The monoisotopic (exact) mass is 338 g/mol. The first-order valence-corrected chi connectivity index (χ1v) is 7.70. The van der Waals surface area contributed by atoms with Crippen molar-refractivity contribution in [1.29, 1.82) is 0 Å². The Bertz CT molecular complexity index is 450. The molecule has 5 nitrogen and oxygen atoms in total. The standard InChI is InChI=1S/C11H18F4O5S/c1-3-5-8(2)9(16)20-7-4-6-10(12,13)11(14,15)21(17,18)19/h8H,3-7H2,1-2H3,(H,17,18,19). The molecule has 1 atom stereocenters. The minimum absolute atomic E-state index is 0.435. The van der Waals surface area contributed by atoms with Gasteiger partial charge in [0, 0.05) is 6.42 Å². The van der Waals surface area contributed by atoms with E-state index >= 15 is 0 Å². The van der Waals surface area contributed by atoms with Gasteiger partial charge >= 0.3 is 27.3 Å². The van der Waals surface area contributed by atoms with E-state index in [0.717, 1.165) is 6.42 Å². The summed E-state index contributed by atoms with van der Waals surface area (Å²) in [6, 6.07) is 0. The van der Waals surface area contributed by atoms with E-state index in [9.17, 15) is 30.8 Å². The lowest BCUT2D eigenvalue weighted by Crippen LogP contribution is -2.46. The molecule has 0 saturated heterocycles. The van der Waals surface area contributed by atoms with Crippen molar-refractivity contribution in [1.82, 2.24) is 0 Å². The van der Waals surface area contributed by atoms with Gasteiger partial charge in [-0.25, -0.2) is 0 Å². The Morgan fingerprint density at radius 3 is 2.24 bits per heavy atom. The summed E-state index contributed by atoms with van der Waals surface area (Å²) in [5, 5.41) is -5.58. The van der Waals surface area contributed by atoms with Crippen molar-refractivity contribution in [3.63, 3.8) is 0 Å². The van der Waals surface area contributed by atoms with E-state index < -0.39 is 52.6 Å². The van der Waals surface area contributed by atoms with Gasteiger partial charge in [0.1, 0.15) is 0 Å². The average molecular weight is 338 g/mol. The van der Waals surface area contributed by atoms with E-state index in [0.29, 0.717) is 6.42 Å². The summed E-state index contributed by atoms with van der Waals surface area (Å²) < 4.78 is 85.0. The normalized spacial score (nSPS) is 14.8. The molecular formula is C11H18F4O5S. The maximum atomic E-state index is 13.1. The number of halogens is 4. The van der Waals surface area contributed by atoms with Crippen LogP contribution in [0, 0.1) is 5.92 Å². The lowest BCUT2D eigenvalue weighted by atomic mass is 10.1. The molecular weight excluding hydrogens is 320 g/mol. The molecule has 0 aliphatic carbocycles. The zero-order valence-corrected chi connectivity index (χ0v) is 12.4. The van der Waals surface area contributed by atoms with Crippen molar-refractivity contribution in [2.75, 3.05) is 6.61 Å². The first-order chi connectivity index (χ1) is 9.37. The van der Waals surface area contributed by atoms with E-state index in [-0.39, 0.29) is 0 Å². The van der Waals surface area contributed by atoms with Crippen LogP contribution in [0.15, 0.2) is 0 Å². The van der Waals surface area contributed by atoms with Crippen LogP contribution in [0.2, 0.25) is 0 Å². The lowest BCUT2D eigenvalue weighted by Gasteiger charge is -2.23. The van der Waals surface area contributed by atoms with E-state index in [1.54, 1.807) is 6.92 Å². The molecule has 0 aliphatic heterocycles. The number of alkyl halides is 4. The molecule has 0 amide bonds. The summed E-state index contributed by atoms with van der Waals surface area (Å²) in [7, 11) is -6.23. The van der Waals surface area contributed by atoms with E-state index in [1.807, 2.05) is 6.92 Å². The Kier molecular flexibility index (Phi) is 7.07. The predicted octanol–water partition coefficient (Wildman–Crippen LogP) is 2.86. The number of carbonyl (C=O) groups excluding carboxylic acids is 1. The Hall–Kier alpha value is -0.900. The van der Waals surface area contributed by atoms with Crippen LogP contribution in [0.4, 0.5) is 17.6 Å². The fraction of sp³-hybridized carbons (Fsp3) is 0.909. The highest BCUT2D eigenvalue weighted by Crippen LogP contribution is 2.41. The van der Waals surface area contributed by atoms with Crippen LogP contribution < -0.4 is 0 Å². The van der Waals surface area contributed by atoms with Gasteiger partial charge in [-0.3, -0.25) is 9.35 Å². The molecule has 0 radical (unpaired) electrons. The maximum absolute atomic E-state index is 13.1. The van der Waals surface area contributed by atoms with Crippen molar-refractivity contribution < 1.29 is 40.1 Å². The van der Waals surface area contributed by atoms with Gasteiger partial charge in [-0.05, 0) is 12.8 Å². The van der Waals surface area contributed by atoms with Crippen molar-refractivity contribution >= 4 is 16.1 Å². The molecule has 0 spiro atoms. The number of rotatable bonds is 9. The first-order valence-electron chi connectivity index (χ1n) is 6.26. The largest absolute Gasteiger partial charge is 0.465 e. The number of hydrogen-bond donors (Lipinski definition) is 1. The van der Waals surface area contributed by atoms with E-state index in [2.05, 4.69) is 4.74 Å².